The highest BCUT2D eigenvalue weighted by atomic mass is 16.5. The molecule has 1 aliphatic rings. The van der Waals surface area contributed by atoms with E-state index in [1.807, 2.05) is 24.3 Å². The van der Waals surface area contributed by atoms with Gasteiger partial charge in [0.15, 0.2) is 0 Å². The van der Waals surface area contributed by atoms with Crippen molar-refractivity contribution >= 4 is 5.91 Å². The Bertz CT molecular complexity index is 730. The van der Waals surface area contributed by atoms with Gasteiger partial charge in [0, 0.05) is 13.7 Å². The Morgan fingerprint density at radius 1 is 1.00 bits per heavy atom. The average Bonchev–Trinajstić information content (AvgIpc) is 2.73. The molecule has 0 radical (unpaired) electrons. The zero-order valence-corrected chi connectivity index (χ0v) is 16.1. The number of benzene rings is 2. The highest BCUT2D eigenvalue weighted by molar-refractivity contribution is 5.83. The third kappa shape index (κ3) is 4.67. The summed E-state index contributed by atoms with van der Waals surface area (Å²) in [4.78, 5) is 12.8. The van der Waals surface area contributed by atoms with Gasteiger partial charge in [0.1, 0.15) is 5.75 Å². The van der Waals surface area contributed by atoms with Gasteiger partial charge in [-0.1, -0.05) is 36.4 Å². The molecule has 5 nitrogen and oxygen atoms in total. The van der Waals surface area contributed by atoms with Gasteiger partial charge in [-0.05, 0) is 54.8 Å². The maximum atomic E-state index is 12.8. The van der Waals surface area contributed by atoms with Crippen molar-refractivity contribution in [2.24, 2.45) is 5.41 Å². The second-order valence-corrected chi connectivity index (χ2v) is 7.07. The van der Waals surface area contributed by atoms with Gasteiger partial charge in [0.05, 0.1) is 19.1 Å². The highest BCUT2D eigenvalue weighted by Crippen LogP contribution is 2.29. The standard InChI is InChI=1S/C22H28N2O3/c1-26-16-22(11-13-23-14-12-22)21(25)24-15-17-3-5-18(6-4-17)19-7-9-20(27-2)10-8-19/h3-10,23H,11-16H2,1-2H3,(H,24,25). The van der Waals surface area contributed by atoms with E-state index in [1.165, 1.54) is 0 Å². The van der Waals surface area contributed by atoms with Crippen molar-refractivity contribution in [1.82, 2.24) is 10.6 Å². The molecule has 0 bridgehead atoms. The van der Waals surface area contributed by atoms with Gasteiger partial charge < -0.3 is 20.1 Å². The van der Waals surface area contributed by atoms with Crippen LogP contribution in [0.5, 0.6) is 5.75 Å². The number of hydrogen-bond acceptors (Lipinski definition) is 4. The van der Waals surface area contributed by atoms with E-state index >= 15 is 0 Å². The quantitative estimate of drug-likeness (QED) is 0.789. The van der Waals surface area contributed by atoms with Crippen LogP contribution < -0.4 is 15.4 Å². The first kappa shape index (κ1) is 19.4. The molecule has 3 rings (SSSR count). The number of carbonyl (C=O) groups excluding carboxylic acids is 1. The Hall–Kier alpha value is -2.37. The summed E-state index contributed by atoms with van der Waals surface area (Å²) in [5, 5.41) is 6.42. The molecular formula is C22H28N2O3. The minimum Gasteiger partial charge on any atom is -0.497 e. The number of piperidine rings is 1. The smallest absolute Gasteiger partial charge is 0.228 e. The van der Waals surface area contributed by atoms with Crippen LogP contribution in [0.15, 0.2) is 48.5 Å². The van der Waals surface area contributed by atoms with Gasteiger partial charge in [0.25, 0.3) is 0 Å². The van der Waals surface area contributed by atoms with E-state index in [4.69, 9.17) is 9.47 Å². The van der Waals surface area contributed by atoms with Gasteiger partial charge in [-0.3, -0.25) is 4.79 Å². The molecule has 27 heavy (non-hydrogen) atoms. The van der Waals surface area contributed by atoms with Crippen molar-refractivity contribution in [3.8, 4) is 16.9 Å². The lowest BCUT2D eigenvalue weighted by atomic mass is 9.78. The van der Waals surface area contributed by atoms with Gasteiger partial charge in [0.2, 0.25) is 5.91 Å². The Morgan fingerprint density at radius 2 is 1.59 bits per heavy atom. The fraction of sp³-hybridized carbons (Fsp3) is 0.409. The van der Waals surface area contributed by atoms with Crippen LogP contribution >= 0.6 is 0 Å². The molecule has 1 fully saturated rings. The van der Waals surface area contributed by atoms with E-state index in [0.29, 0.717) is 13.2 Å². The largest absolute Gasteiger partial charge is 0.497 e. The van der Waals surface area contributed by atoms with Crippen LogP contribution in [0.1, 0.15) is 18.4 Å². The summed E-state index contributed by atoms with van der Waals surface area (Å²) in [7, 11) is 3.33. The van der Waals surface area contributed by atoms with Crippen LogP contribution in [-0.4, -0.2) is 39.8 Å². The van der Waals surface area contributed by atoms with Crippen LogP contribution in [-0.2, 0) is 16.1 Å². The molecule has 0 aliphatic carbocycles. The fourth-order valence-electron chi connectivity index (χ4n) is 3.59. The molecule has 1 heterocycles. The molecule has 0 aromatic heterocycles. The van der Waals surface area contributed by atoms with Crippen LogP contribution in [0.4, 0.5) is 0 Å². The zero-order chi connectivity index (χ0) is 19.1. The third-order valence-corrected chi connectivity index (χ3v) is 5.29. The van der Waals surface area contributed by atoms with Crippen molar-refractivity contribution in [3.63, 3.8) is 0 Å². The second-order valence-electron chi connectivity index (χ2n) is 7.07. The van der Waals surface area contributed by atoms with Crippen molar-refractivity contribution in [1.29, 1.82) is 0 Å². The molecule has 2 aromatic rings. The number of nitrogens with one attached hydrogen (secondary N) is 2. The van der Waals surface area contributed by atoms with Crippen LogP contribution in [0, 0.1) is 5.41 Å². The van der Waals surface area contributed by atoms with E-state index in [1.54, 1.807) is 14.2 Å². The number of methoxy groups -OCH3 is 2. The van der Waals surface area contributed by atoms with Crippen molar-refractivity contribution in [2.45, 2.75) is 19.4 Å². The lowest BCUT2D eigenvalue weighted by Gasteiger charge is -2.35. The zero-order valence-electron chi connectivity index (χ0n) is 16.1. The van der Waals surface area contributed by atoms with Gasteiger partial charge in [-0.25, -0.2) is 0 Å². The summed E-state index contributed by atoms with van der Waals surface area (Å²) < 4.78 is 10.5. The van der Waals surface area contributed by atoms with Gasteiger partial charge in [-0.2, -0.15) is 0 Å². The van der Waals surface area contributed by atoms with E-state index in [2.05, 4.69) is 34.9 Å². The summed E-state index contributed by atoms with van der Waals surface area (Å²) in [6, 6.07) is 16.3. The lowest BCUT2D eigenvalue weighted by molar-refractivity contribution is -0.136. The predicted molar refractivity (Wildman–Crippen MR) is 107 cm³/mol. The summed E-state index contributed by atoms with van der Waals surface area (Å²) in [5.41, 5.74) is 2.95. The molecule has 144 valence electrons. The predicted octanol–water partition coefficient (Wildman–Crippen LogP) is 2.99. The van der Waals surface area contributed by atoms with Crippen molar-refractivity contribution in [3.05, 3.63) is 54.1 Å². The molecule has 5 heteroatoms. The molecule has 2 aromatic carbocycles. The first-order chi connectivity index (χ1) is 13.2. The Balaban J connectivity index is 1.61. The molecular weight excluding hydrogens is 340 g/mol. The molecule has 0 spiro atoms. The number of hydrogen-bond donors (Lipinski definition) is 2. The van der Waals surface area contributed by atoms with Gasteiger partial charge >= 0.3 is 0 Å². The molecule has 0 atom stereocenters. The van der Waals surface area contributed by atoms with Crippen LogP contribution in [0.2, 0.25) is 0 Å². The number of rotatable bonds is 7. The average molecular weight is 368 g/mol. The van der Waals surface area contributed by atoms with Crippen molar-refractivity contribution < 1.29 is 14.3 Å². The Morgan fingerprint density at radius 3 is 2.15 bits per heavy atom. The second kappa shape index (κ2) is 9.02. The first-order valence-electron chi connectivity index (χ1n) is 9.38. The van der Waals surface area contributed by atoms with E-state index < -0.39 is 5.41 Å². The van der Waals surface area contributed by atoms with Crippen LogP contribution in [0.3, 0.4) is 0 Å². The summed E-state index contributed by atoms with van der Waals surface area (Å²) in [5.74, 6) is 0.936. The van der Waals surface area contributed by atoms with E-state index in [-0.39, 0.29) is 5.91 Å². The molecule has 2 N–H and O–H groups in total. The monoisotopic (exact) mass is 368 g/mol. The lowest BCUT2D eigenvalue weighted by Crippen LogP contribution is -2.49. The topological polar surface area (TPSA) is 59.6 Å². The summed E-state index contributed by atoms with van der Waals surface area (Å²) in [6.07, 6.45) is 1.62. The van der Waals surface area contributed by atoms with E-state index in [0.717, 1.165) is 48.4 Å². The number of carbonyl (C=O) groups is 1. The third-order valence-electron chi connectivity index (χ3n) is 5.29. The molecule has 0 unspecified atom stereocenters. The van der Waals surface area contributed by atoms with Crippen molar-refractivity contribution in [2.75, 3.05) is 33.9 Å². The SMILES string of the molecule is COCC1(C(=O)NCc2ccc(-c3ccc(OC)cc3)cc2)CCNCC1. The maximum absolute atomic E-state index is 12.8. The number of amides is 1. The Labute approximate surface area is 161 Å². The molecule has 1 aliphatic heterocycles. The fourth-order valence-corrected chi connectivity index (χ4v) is 3.59. The number of ether oxygens (including phenoxy) is 2. The minimum atomic E-state index is -0.414. The molecule has 1 amide bonds. The summed E-state index contributed by atoms with van der Waals surface area (Å²) in [6.45, 7) is 2.71. The first-order valence-corrected chi connectivity index (χ1v) is 9.38. The van der Waals surface area contributed by atoms with E-state index in [9.17, 15) is 4.79 Å². The van der Waals surface area contributed by atoms with Crippen LogP contribution in [0.25, 0.3) is 11.1 Å². The maximum Gasteiger partial charge on any atom is 0.228 e. The summed E-state index contributed by atoms with van der Waals surface area (Å²) >= 11 is 0. The van der Waals surface area contributed by atoms with Gasteiger partial charge in [-0.15, -0.1) is 0 Å². The minimum absolute atomic E-state index is 0.0880. The molecule has 1 saturated heterocycles. The Kier molecular flexibility index (Phi) is 6.48. The molecule has 0 saturated carbocycles. The highest BCUT2D eigenvalue weighted by Gasteiger charge is 2.39. The normalized spacial score (nSPS) is 15.9.